The number of ether oxygens (including phenoxy) is 1. The summed E-state index contributed by atoms with van der Waals surface area (Å²) >= 11 is 7.50. The molecule has 2 amide bonds. The van der Waals surface area contributed by atoms with Gasteiger partial charge in [0.15, 0.2) is 5.78 Å². The topological polar surface area (TPSA) is 84.5 Å². The van der Waals surface area contributed by atoms with Gasteiger partial charge in [-0.05, 0) is 79.2 Å². The van der Waals surface area contributed by atoms with Crippen LogP contribution in [0.15, 0.2) is 114 Å². The van der Waals surface area contributed by atoms with Crippen LogP contribution in [0.3, 0.4) is 0 Å². The number of Topliss-reactive ketones (excluding diaryl/α,β-unsaturated/α-hetero) is 1. The highest BCUT2D eigenvalue weighted by Crippen LogP contribution is 2.24. The summed E-state index contributed by atoms with van der Waals surface area (Å²) in [5.74, 6) is 0.00248. The molecule has 0 aliphatic carbocycles. The van der Waals surface area contributed by atoms with Crippen LogP contribution in [0, 0.1) is 0 Å². The third-order valence-electron chi connectivity index (χ3n) is 5.69. The van der Waals surface area contributed by atoms with Crippen LogP contribution >= 0.6 is 23.4 Å². The lowest BCUT2D eigenvalue weighted by Crippen LogP contribution is -2.30. The molecular formula is C32H27ClN2O4S. The Kier molecular flexibility index (Phi) is 10.2. The molecule has 0 spiro atoms. The Balaban J connectivity index is 1.45. The van der Waals surface area contributed by atoms with E-state index in [9.17, 15) is 14.4 Å². The van der Waals surface area contributed by atoms with Gasteiger partial charge in [-0.25, -0.2) is 0 Å². The fourth-order valence-corrected chi connectivity index (χ4v) is 4.71. The minimum Gasteiger partial charge on any atom is -0.494 e. The number of hydrogen-bond donors (Lipinski definition) is 2. The largest absolute Gasteiger partial charge is 0.494 e. The molecule has 40 heavy (non-hydrogen) atoms. The molecule has 0 radical (unpaired) electrons. The summed E-state index contributed by atoms with van der Waals surface area (Å²) in [7, 11) is 0. The number of carbonyl (C=O) groups is 3. The highest BCUT2D eigenvalue weighted by molar-refractivity contribution is 8.00. The van der Waals surface area contributed by atoms with E-state index in [-0.39, 0.29) is 17.2 Å². The number of carbonyl (C=O) groups excluding carboxylic acids is 3. The molecule has 0 aliphatic rings. The Morgan fingerprint density at radius 2 is 1.52 bits per heavy atom. The van der Waals surface area contributed by atoms with Crippen molar-refractivity contribution >= 4 is 52.7 Å². The van der Waals surface area contributed by atoms with Gasteiger partial charge in [-0.2, -0.15) is 0 Å². The summed E-state index contributed by atoms with van der Waals surface area (Å²) in [6.45, 7) is 2.45. The number of hydrogen-bond acceptors (Lipinski definition) is 5. The van der Waals surface area contributed by atoms with Crippen molar-refractivity contribution < 1.29 is 19.1 Å². The maximum Gasteiger partial charge on any atom is 0.272 e. The summed E-state index contributed by atoms with van der Waals surface area (Å²) < 4.78 is 5.49. The molecule has 4 aromatic carbocycles. The van der Waals surface area contributed by atoms with Crippen molar-refractivity contribution in [2.45, 2.75) is 11.8 Å². The maximum atomic E-state index is 13.3. The van der Waals surface area contributed by atoms with Crippen LogP contribution in [-0.4, -0.2) is 30.0 Å². The van der Waals surface area contributed by atoms with Crippen molar-refractivity contribution in [3.63, 3.8) is 0 Å². The molecule has 0 bridgehead atoms. The molecule has 0 saturated heterocycles. The third-order valence-corrected chi connectivity index (χ3v) is 7.03. The molecule has 4 rings (SSSR count). The second-order valence-corrected chi connectivity index (χ2v) is 10.0. The van der Waals surface area contributed by atoms with Crippen molar-refractivity contribution in [3.05, 3.63) is 131 Å². The molecule has 0 atom stereocenters. The van der Waals surface area contributed by atoms with Gasteiger partial charge in [0.2, 0.25) is 0 Å². The highest BCUT2D eigenvalue weighted by atomic mass is 35.5. The first kappa shape index (κ1) is 28.7. The molecular weight excluding hydrogens is 544 g/mol. The van der Waals surface area contributed by atoms with E-state index in [2.05, 4.69) is 10.6 Å². The Bertz CT molecular complexity index is 1500. The highest BCUT2D eigenvalue weighted by Gasteiger charge is 2.16. The van der Waals surface area contributed by atoms with Gasteiger partial charge in [-0.1, -0.05) is 54.1 Å². The minimum atomic E-state index is -0.479. The van der Waals surface area contributed by atoms with Gasteiger partial charge >= 0.3 is 0 Å². The van der Waals surface area contributed by atoms with E-state index in [1.165, 1.54) is 11.8 Å². The molecule has 2 N–H and O–H groups in total. The van der Waals surface area contributed by atoms with E-state index < -0.39 is 11.8 Å². The summed E-state index contributed by atoms with van der Waals surface area (Å²) in [6, 6.07) is 30.0. The minimum absolute atomic E-state index is 0.0637. The van der Waals surface area contributed by atoms with E-state index in [1.807, 2.05) is 37.3 Å². The second kappa shape index (κ2) is 14.2. The monoisotopic (exact) mass is 570 g/mol. The van der Waals surface area contributed by atoms with Gasteiger partial charge in [-0.3, -0.25) is 14.4 Å². The standard InChI is InChI=1S/C32H27ClN2O4S/c1-2-39-25-16-12-22(13-17-25)20-29(35-31(37)23-8-4-3-5-9-23)32(38)34-24-14-18-26(19-15-24)40-21-30(36)27-10-6-7-11-28(27)33/h3-20H,2,21H2,1H3,(H,34,38)(H,35,37)/b29-20-. The first-order valence-corrected chi connectivity index (χ1v) is 13.9. The fraction of sp³-hybridized carbons (Fsp3) is 0.0938. The van der Waals surface area contributed by atoms with Crippen molar-refractivity contribution in [1.82, 2.24) is 5.32 Å². The van der Waals surface area contributed by atoms with Crippen LogP contribution in [0.5, 0.6) is 5.75 Å². The first-order valence-electron chi connectivity index (χ1n) is 12.6. The Labute approximate surface area is 242 Å². The van der Waals surface area contributed by atoms with Gasteiger partial charge in [0.1, 0.15) is 11.4 Å². The van der Waals surface area contributed by atoms with E-state index in [4.69, 9.17) is 16.3 Å². The van der Waals surface area contributed by atoms with Crippen LogP contribution in [0.4, 0.5) is 5.69 Å². The number of halogens is 1. The van der Waals surface area contributed by atoms with Crippen LogP contribution in [0.25, 0.3) is 6.08 Å². The van der Waals surface area contributed by atoms with E-state index >= 15 is 0 Å². The second-order valence-electron chi connectivity index (χ2n) is 8.55. The molecule has 0 aromatic heterocycles. The van der Waals surface area contributed by atoms with Gasteiger partial charge in [0.25, 0.3) is 11.8 Å². The van der Waals surface area contributed by atoms with E-state index in [0.29, 0.717) is 34.2 Å². The predicted molar refractivity (Wildman–Crippen MR) is 161 cm³/mol. The summed E-state index contributed by atoms with van der Waals surface area (Å²) in [5.41, 5.74) is 2.27. The lowest BCUT2D eigenvalue weighted by Gasteiger charge is -2.12. The zero-order valence-electron chi connectivity index (χ0n) is 21.7. The average Bonchev–Trinajstić information content (AvgIpc) is 2.98. The van der Waals surface area contributed by atoms with Crippen LogP contribution < -0.4 is 15.4 Å². The Morgan fingerprint density at radius 1 is 0.850 bits per heavy atom. The Morgan fingerprint density at radius 3 is 2.20 bits per heavy atom. The molecule has 0 fully saturated rings. The summed E-state index contributed by atoms with van der Waals surface area (Å²) in [4.78, 5) is 39.5. The number of ketones is 1. The third kappa shape index (κ3) is 8.09. The molecule has 0 aliphatic heterocycles. The number of benzene rings is 4. The molecule has 0 saturated carbocycles. The number of thioether (sulfide) groups is 1. The molecule has 0 unspecified atom stereocenters. The Hall–Kier alpha value is -4.33. The van der Waals surface area contributed by atoms with Crippen molar-refractivity contribution in [1.29, 1.82) is 0 Å². The van der Waals surface area contributed by atoms with Crippen molar-refractivity contribution in [3.8, 4) is 5.75 Å². The molecule has 8 heteroatoms. The first-order chi connectivity index (χ1) is 19.4. The summed E-state index contributed by atoms with van der Waals surface area (Å²) in [6.07, 6.45) is 1.61. The van der Waals surface area contributed by atoms with Crippen molar-refractivity contribution in [2.75, 3.05) is 17.7 Å². The molecule has 6 nitrogen and oxygen atoms in total. The number of nitrogens with one attached hydrogen (secondary N) is 2. The average molecular weight is 571 g/mol. The van der Waals surface area contributed by atoms with Gasteiger partial charge < -0.3 is 15.4 Å². The van der Waals surface area contributed by atoms with Crippen LogP contribution in [0.2, 0.25) is 5.02 Å². The zero-order chi connectivity index (χ0) is 28.3. The smallest absolute Gasteiger partial charge is 0.272 e. The van der Waals surface area contributed by atoms with Crippen LogP contribution in [-0.2, 0) is 4.79 Å². The molecule has 4 aromatic rings. The van der Waals surface area contributed by atoms with Gasteiger partial charge in [0.05, 0.1) is 17.4 Å². The van der Waals surface area contributed by atoms with E-state index in [1.54, 1.807) is 78.9 Å². The van der Waals surface area contributed by atoms with Crippen LogP contribution in [0.1, 0.15) is 33.2 Å². The van der Waals surface area contributed by atoms with E-state index in [0.717, 1.165) is 10.5 Å². The fourth-order valence-electron chi connectivity index (χ4n) is 3.68. The summed E-state index contributed by atoms with van der Waals surface area (Å²) in [5, 5.41) is 6.00. The quantitative estimate of drug-likeness (QED) is 0.114. The lowest BCUT2D eigenvalue weighted by atomic mass is 10.1. The number of rotatable bonds is 11. The normalized spacial score (nSPS) is 11.0. The molecule has 202 valence electrons. The van der Waals surface area contributed by atoms with Gasteiger partial charge in [0, 0.05) is 21.7 Å². The predicted octanol–water partition coefficient (Wildman–Crippen LogP) is 7.12. The zero-order valence-corrected chi connectivity index (χ0v) is 23.3. The lowest BCUT2D eigenvalue weighted by molar-refractivity contribution is -0.113. The molecule has 0 heterocycles. The van der Waals surface area contributed by atoms with Crippen molar-refractivity contribution in [2.24, 2.45) is 0 Å². The SMILES string of the molecule is CCOc1ccc(/C=C(\NC(=O)c2ccccc2)C(=O)Nc2ccc(SCC(=O)c3ccccc3Cl)cc2)cc1. The maximum absolute atomic E-state index is 13.3. The number of anilines is 1. The number of amides is 2. The van der Waals surface area contributed by atoms with Gasteiger partial charge in [-0.15, -0.1) is 11.8 Å².